The van der Waals surface area contributed by atoms with E-state index >= 15 is 4.39 Å². The van der Waals surface area contributed by atoms with Crippen LogP contribution in [0.2, 0.25) is 0 Å². The Kier molecular flexibility index (Phi) is 7.34. The van der Waals surface area contributed by atoms with Crippen LogP contribution in [0.25, 0.3) is 5.57 Å². The Bertz CT molecular complexity index is 1050. The van der Waals surface area contributed by atoms with Crippen molar-refractivity contribution in [2.24, 2.45) is 11.8 Å². The summed E-state index contributed by atoms with van der Waals surface area (Å²) >= 11 is 0. The molecule has 0 aromatic heterocycles. The number of hydrogen-bond donors (Lipinski definition) is 0. The minimum absolute atomic E-state index is 0.106. The van der Waals surface area contributed by atoms with Gasteiger partial charge in [0.1, 0.15) is 5.82 Å². The molecule has 1 aliphatic heterocycles. The molecule has 2 aromatic carbocycles. The van der Waals surface area contributed by atoms with Crippen molar-refractivity contribution in [3.05, 3.63) is 76.4 Å². The van der Waals surface area contributed by atoms with Gasteiger partial charge in [0.2, 0.25) is 0 Å². The zero-order valence-electron chi connectivity index (χ0n) is 20.3. The smallest absolute Gasteiger partial charge is 0.194 e. The normalized spacial score (nSPS) is 29.6. The van der Waals surface area contributed by atoms with Crippen LogP contribution < -0.4 is 0 Å². The van der Waals surface area contributed by atoms with Crippen LogP contribution in [0.5, 0.6) is 0 Å². The average molecular weight is 487 g/mol. The summed E-state index contributed by atoms with van der Waals surface area (Å²) in [6.07, 6.45) is 11.3. The van der Waals surface area contributed by atoms with Crippen molar-refractivity contribution in [3.63, 3.8) is 0 Å². The number of hydrogen-bond acceptors (Lipinski definition) is 1. The van der Waals surface area contributed by atoms with Gasteiger partial charge in [-0.15, -0.1) is 0 Å². The molecule has 2 aromatic rings. The Morgan fingerprint density at radius 2 is 1.46 bits per heavy atom. The number of rotatable bonds is 4. The van der Waals surface area contributed by atoms with Crippen LogP contribution in [0.4, 0.5) is 17.6 Å². The summed E-state index contributed by atoms with van der Waals surface area (Å²) in [4.78, 5) is 0. The van der Waals surface area contributed by atoms with E-state index in [1.54, 1.807) is 6.07 Å². The Balaban J connectivity index is 1.21. The van der Waals surface area contributed by atoms with Gasteiger partial charge in [0.25, 0.3) is 0 Å². The Hall–Kier alpha value is -2.14. The second-order valence-electron chi connectivity index (χ2n) is 10.9. The van der Waals surface area contributed by atoms with Crippen molar-refractivity contribution in [1.82, 2.24) is 0 Å². The lowest BCUT2D eigenvalue weighted by Gasteiger charge is -2.37. The molecule has 1 nitrogen and oxygen atoms in total. The Labute approximate surface area is 205 Å². The highest BCUT2D eigenvalue weighted by Crippen LogP contribution is 2.40. The summed E-state index contributed by atoms with van der Waals surface area (Å²) in [6, 6.07) is 7.69. The molecule has 3 atom stereocenters. The molecule has 5 heteroatoms. The molecule has 0 amide bonds. The van der Waals surface area contributed by atoms with Crippen LogP contribution in [0.1, 0.15) is 93.2 Å². The van der Waals surface area contributed by atoms with E-state index in [4.69, 9.17) is 4.74 Å². The number of allylic oxidation sites excluding steroid dienone is 2. The third-order valence-corrected chi connectivity index (χ3v) is 8.60. The summed E-state index contributed by atoms with van der Waals surface area (Å²) in [6.45, 7) is 2.99. The molecule has 0 bridgehead atoms. The zero-order chi connectivity index (χ0) is 24.5. The first-order chi connectivity index (χ1) is 16.9. The first-order valence-corrected chi connectivity index (χ1v) is 13.1. The minimum atomic E-state index is -1.44. The third kappa shape index (κ3) is 5.35. The van der Waals surface area contributed by atoms with Gasteiger partial charge in [0, 0.05) is 11.5 Å². The quantitative estimate of drug-likeness (QED) is 0.310. The number of halogens is 4. The Morgan fingerprint density at radius 1 is 0.743 bits per heavy atom. The van der Waals surface area contributed by atoms with E-state index in [1.165, 1.54) is 25.7 Å². The summed E-state index contributed by atoms with van der Waals surface area (Å²) in [5.74, 6) is -2.36. The molecule has 188 valence electrons. The molecule has 0 spiro atoms. The van der Waals surface area contributed by atoms with Gasteiger partial charge in [-0.3, -0.25) is 0 Å². The minimum Gasteiger partial charge on any atom is -0.377 e. The predicted octanol–water partition coefficient (Wildman–Crippen LogP) is 8.68. The van der Waals surface area contributed by atoms with Crippen molar-refractivity contribution >= 4 is 5.57 Å². The molecule has 1 saturated heterocycles. The fourth-order valence-electron chi connectivity index (χ4n) is 6.30. The second kappa shape index (κ2) is 10.5. The molecule has 3 aliphatic rings. The molecule has 0 radical (unpaired) electrons. The van der Waals surface area contributed by atoms with Gasteiger partial charge in [0.15, 0.2) is 17.5 Å². The molecule has 2 fully saturated rings. The maximum Gasteiger partial charge on any atom is 0.194 e. The monoisotopic (exact) mass is 486 g/mol. The summed E-state index contributed by atoms with van der Waals surface area (Å²) in [7, 11) is 0. The van der Waals surface area contributed by atoms with Crippen molar-refractivity contribution in [2.75, 3.05) is 6.61 Å². The maximum atomic E-state index is 15.1. The fourth-order valence-corrected chi connectivity index (χ4v) is 6.30. The van der Waals surface area contributed by atoms with Gasteiger partial charge < -0.3 is 4.74 Å². The lowest BCUT2D eigenvalue weighted by atomic mass is 9.77. The molecule has 5 rings (SSSR count). The van der Waals surface area contributed by atoms with Gasteiger partial charge in [-0.1, -0.05) is 38.0 Å². The fraction of sp³-hybridized carbons (Fsp3) is 0.533. The molecule has 3 unspecified atom stereocenters. The lowest BCUT2D eigenvalue weighted by molar-refractivity contribution is -0.0427. The van der Waals surface area contributed by atoms with Crippen molar-refractivity contribution in [1.29, 1.82) is 0 Å². The average Bonchev–Trinajstić information content (AvgIpc) is 2.88. The molecule has 35 heavy (non-hydrogen) atoms. The van der Waals surface area contributed by atoms with E-state index in [9.17, 15) is 13.2 Å². The second-order valence-corrected chi connectivity index (χ2v) is 10.9. The van der Waals surface area contributed by atoms with Crippen LogP contribution in [-0.4, -0.2) is 12.7 Å². The molecule has 0 N–H and O–H groups in total. The summed E-state index contributed by atoms with van der Waals surface area (Å²) in [5.41, 5.74) is 2.95. The lowest BCUT2D eigenvalue weighted by Crippen LogP contribution is -2.33. The molecule has 1 saturated carbocycles. The Morgan fingerprint density at radius 3 is 2.06 bits per heavy atom. The van der Waals surface area contributed by atoms with Crippen molar-refractivity contribution in [2.45, 2.75) is 82.7 Å². The van der Waals surface area contributed by atoms with Gasteiger partial charge in [-0.05, 0) is 97.6 Å². The van der Waals surface area contributed by atoms with E-state index in [-0.39, 0.29) is 17.7 Å². The molecule has 1 heterocycles. The van der Waals surface area contributed by atoms with Crippen LogP contribution in [0.15, 0.2) is 36.4 Å². The first-order valence-electron chi connectivity index (χ1n) is 13.1. The van der Waals surface area contributed by atoms with Crippen molar-refractivity contribution in [3.8, 4) is 0 Å². The van der Waals surface area contributed by atoms with Gasteiger partial charge in [0.05, 0.1) is 12.7 Å². The highest BCUT2D eigenvalue weighted by molar-refractivity contribution is 5.67. The summed E-state index contributed by atoms with van der Waals surface area (Å²) in [5, 5.41) is 0. The van der Waals surface area contributed by atoms with Crippen LogP contribution >= 0.6 is 0 Å². The van der Waals surface area contributed by atoms with E-state index in [0.717, 1.165) is 42.0 Å². The number of ether oxygens (including phenoxy) is 1. The standard InChI is InChI=1S/C30H34F4O/c1-18-2-4-21(5-3-18)29-13-11-23(17-35-29)22-10-12-25(26(31)14-22)20-8-6-19(7-9-20)24-15-27(32)30(34)28(33)16-24/h8,10,12,14-16,18-19,21,23,29H,2-7,9,11,13,17H2,1H3. The topological polar surface area (TPSA) is 9.23 Å². The molecular formula is C30H34F4O. The van der Waals surface area contributed by atoms with Gasteiger partial charge in [-0.2, -0.15) is 0 Å². The molecule has 2 aliphatic carbocycles. The maximum absolute atomic E-state index is 15.1. The third-order valence-electron chi connectivity index (χ3n) is 8.60. The highest BCUT2D eigenvalue weighted by Gasteiger charge is 2.31. The number of benzene rings is 2. The first kappa shape index (κ1) is 24.5. The predicted molar refractivity (Wildman–Crippen MR) is 130 cm³/mol. The van der Waals surface area contributed by atoms with E-state index in [0.29, 0.717) is 49.0 Å². The van der Waals surface area contributed by atoms with Crippen LogP contribution in [0, 0.1) is 35.1 Å². The molecular weight excluding hydrogens is 452 g/mol. The van der Waals surface area contributed by atoms with Gasteiger partial charge >= 0.3 is 0 Å². The van der Waals surface area contributed by atoms with Crippen LogP contribution in [0.3, 0.4) is 0 Å². The van der Waals surface area contributed by atoms with Gasteiger partial charge in [-0.25, -0.2) is 17.6 Å². The highest BCUT2D eigenvalue weighted by atomic mass is 19.2. The summed E-state index contributed by atoms with van der Waals surface area (Å²) < 4.78 is 61.9. The van der Waals surface area contributed by atoms with E-state index in [2.05, 4.69) is 6.92 Å². The largest absolute Gasteiger partial charge is 0.377 e. The SMILES string of the molecule is CC1CCC(C2CCC(c3ccc(C4=CCC(c5cc(F)c(F)c(F)c5)CC4)c(F)c3)CO2)CC1. The van der Waals surface area contributed by atoms with Crippen LogP contribution in [-0.2, 0) is 4.74 Å². The van der Waals surface area contributed by atoms with E-state index < -0.39 is 17.5 Å². The van der Waals surface area contributed by atoms with Crippen molar-refractivity contribution < 1.29 is 22.3 Å². The zero-order valence-corrected chi connectivity index (χ0v) is 20.3. The van der Waals surface area contributed by atoms with E-state index in [1.807, 2.05) is 18.2 Å².